The Labute approximate surface area is 122 Å². The summed E-state index contributed by atoms with van der Waals surface area (Å²) in [5, 5.41) is 0. The van der Waals surface area contributed by atoms with Gasteiger partial charge in [0.2, 0.25) is 0 Å². The van der Waals surface area contributed by atoms with Crippen molar-refractivity contribution in [3.8, 4) is 11.4 Å². The van der Waals surface area contributed by atoms with Crippen LogP contribution in [0.25, 0.3) is 11.4 Å². The lowest BCUT2D eigenvalue weighted by Crippen LogP contribution is -2.19. The molecule has 2 aromatic rings. The van der Waals surface area contributed by atoms with Crippen LogP contribution in [0.3, 0.4) is 0 Å². The average Bonchev–Trinajstić information content (AvgIpc) is 2.28. The highest BCUT2D eigenvalue weighted by molar-refractivity contribution is 9.38. The summed E-state index contributed by atoms with van der Waals surface area (Å²) in [5.74, 6) is 0.781. The smallest absolute Gasteiger partial charge is 0.291 e. The van der Waals surface area contributed by atoms with Gasteiger partial charge in [0, 0.05) is 5.56 Å². The number of nitrogens with one attached hydrogen (secondary N) is 1. The first-order valence-corrected chi connectivity index (χ1v) is 6.96. The van der Waals surface area contributed by atoms with E-state index in [1.165, 1.54) is 0 Å². The molecule has 1 aromatic carbocycles. The van der Waals surface area contributed by atoms with Gasteiger partial charge in [0.25, 0.3) is 0 Å². The van der Waals surface area contributed by atoms with Crippen molar-refractivity contribution in [2.75, 3.05) is 0 Å². The van der Waals surface area contributed by atoms with Crippen LogP contribution >= 0.6 is 47.8 Å². The number of hydrogen-bond acceptors (Lipinski definition) is 3. The summed E-state index contributed by atoms with van der Waals surface area (Å²) in [6.45, 7) is 0. The predicted octanol–water partition coefficient (Wildman–Crippen LogP) is 3.13. The maximum atomic E-state index is 11.5. The van der Waals surface area contributed by atoms with Gasteiger partial charge in [0.15, 0.2) is 13.8 Å². The molecule has 0 bridgehead atoms. The van der Waals surface area contributed by atoms with E-state index in [-0.39, 0.29) is 0 Å². The summed E-state index contributed by atoms with van der Waals surface area (Å²) in [4.78, 5) is 22.1. The molecule has 0 saturated carbocycles. The van der Waals surface area contributed by atoms with Crippen LogP contribution in [0.2, 0.25) is 0 Å². The third-order valence-electron chi connectivity index (χ3n) is 1.95. The Bertz CT molecular complexity index is 577. The molecule has 88 valence electrons. The summed E-state index contributed by atoms with van der Waals surface area (Å²) in [5.41, 5.74) is 0.341. The normalized spacial score (nSPS) is 11.5. The first kappa shape index (κ1) is 12.9. The molecule has 0 spiro atoms. The van der Waals surface area contributed by atoms with E-state index in [1.807, 2.05) is 30.3 Å². The molecule has 17 heavy (non-hydrogen) atoms. The molecule has 1 heterocycles. The Morgan fingerprint density at radius 3 is 2.29 bits per heavy atom. The largest absolute Gasteiger partial charge is 0.348 e. The van der Waals surface area contributed by atoms with E-state index in [0.717, 1.165) is 5.56 Å². The van der Waals surface area contributed by atoms with Crippen molar-refractivity contribution < 1.29 is 0 Å². The number of aromatic amines is 1. The van der Waals surface area contributed by atoms with Crippen molar-refractivity contribution in [1.29, 1.82) is 0 Å². The topological polar surface area (TPSA) is 58.6 Å². The summed E-state index contributed by atoms with van der Waals surface area (Å²) in [7, 11) is 0. The lowest BCUT2D eigenvalue weighted by atomic mass is 10.2. The number of nitrogens with zero attached hydrogens (tertiary/aromatic N) is 2. The van der Waals surface area contributed by atoms with Crippen molar-refractivity contribution in [2.45, 2.75) is 2.14 Å². The van der Waals surface area contributed by atoms with Crippen molar-refractivity contribution >= 4 is 47.8 Å². The van der Waals surface area contributed by atoms with Gasteiger partial charge in [-0.25, -0.2) is 9.78 Å². The lowest BCUT2D eigenvalue weighted by Gasteiger charge is -2.11. The highest BCUT2D eigenvalue weighted by Gasteiger charge is 2.25. The Morgan fingerprint density at radius 2 is 1.71 bits per heavy atom. The fourth-order valence-electron chi connectivity index (χ4n) is 1.23. The predicted molar refractivity (Wildman–Crippen MR) is 76.5 cm³/mol. The zero-order valence-corrected chi connectivity index (χ0v) is 13.1. The fourth-order valence-corrected chi connectivity index (χ4v) is 1.80. The van der Waals surface area contributed by atoms with E-state index in [2.05, 4.69) is 62.7 Å². The van der Waals surface area contributed by atoms with Gasteiger partial charge in [0.1, 0.15) is 0 Å². The Kier molecular flexibility index (Phi) is 3.79. The number of H-pyrrole nitrogens is 1. The molecule has 4 nitrogen and oxygen atoms in total. The quantitative estimate of drug-likeness (QED) is 0.717. The molecule has 0 amide bonds. The van der Waals surface area contributed by atoms with Gasteiger partial charge in [-0.3, -0.25) is 4.98 Å². The van der Waals surface area contributed by atoms with Crippen LogP contribution in [-0.2, 0) is 2.14 Å². The molecular formula is C10H6Br3N3O. The number of benzene rings is 1. The zero-order chi connectivity index (χ0) is 12.5. The summed E-state index contributed by atoms with van der Waals surface area (Å²) < 4.78 is -0.765. The number of alkyl halides is 3. The van der Waals surface area contributed by atoms with Crippen molar-refractivity contribution in [3.63, 3.8) is 0 Å². The molecule has 0 radical (unpaired) electrons. The van der Waals surface area contributed by atoms with Gasteiger partial charge in [-0.15, -0.1) is 0 Å². The number of hydrogen-bond donors (Lipinski definition) is 1. The molecular weight excluding hydrogens is 418 g/mol. The van der Waals surface area contributed by atoms with Crippen molar-refractivity contribution in [3.05, 3.63) is 46.6 Å². The monoisotopic (exact) mass is 421 g/mol. The van der Waals surface area contributed by atoms with Crippen molar-refractivity contribution in [1.82, 2.24) is 15.0 Å². The van der Waals surface area contributed by atoms with E-state index in [4.69, 9.17) is 0 Å². The van der Waals surface area contributed by atoms with Crippen molar-refractivity contribution in [2.24, 2.45) is 0 Å². The first-order valence-electron chi connectivity index (χ1n) is 4.58. The molecule has 1 aromatic heterocycles. The summed E-state index contributed by atoms with van der Waals surface area (Å²) >= 11 is 9.90. The molecule has 0 aliphatic rings. The van der Waals surface area contributed by atoms with Crippen LogP contribution in [0.4, 0.5) is 0 Å². The Hall–Kier alpha value is -0.530. The Morgan fingerprint density at radius 1 is 1.06 bits per heavy atom. The second kappa shape index (κ2) is 4.99. The maximum Gasteiger partial charge on any atom is 0.348 e. The minimum Gasteiger partial charge on any atom is -0.291 e. The van der Waals surface area contributed by atoms with E-state index < -0.39 is 7.83 Å². The van der Waals surface area contributed by atoms with Gasteiger partial charge >= 0.3 is 5.69 Å². The van der Waals surface area contributed by atoms with E-state index >= 15 is 0 Å². The van der Waals surface area contributed by atoms with Gasteiger partial charge in [0.05, 0.1) is 0 Å². The highest BCUT2D eigenvalue weighted by Crippen LogP contribution is 2.42. The molecule has 0 fully saturated rings. The molecule has 0 aliphatic carbocycles. The first-order chi connectivity index (χ1) is 7.97. The number of halogens is 3. The van der Waals surface area contributed by atoms with Gasteiger partial charge in [-0.1, -0.05) is 78.1 Å². The van der Waals surface area contributed by atoms with Crippen LogP contribution in [-0.4, -0.2) is 15.0 Å². The molecule has 0 atom stereocenters. The molecule has 0 saturated heterocycles. The molecule has 1 N–H and O–H groups in total. The molecule has 7 heteroatoms. The van der Waals surface area contributed by atoms with Crippen LogP contribution in [0, 0.1) is 0 Å². The Balaban J connectivity index is 2.58. The van der Waals surface area contributed by atoms with Crippen LogP contribution in [0.5, 0.6) is 0 Å². The van der Waals surface area contributed by atoms with Crippen LogP contribution < -0.4 is 5.69 Å². The molecule has 0 unspecified atom stereocenters. The number of rotatable bonds is 1. The third-order valence-corrected chi connectivity index (χ3v) is 3.08. The minimum absolute atomic E-state index is 0.382. The van der Waals surface area contributed by atoms with Crippen LogP contribution in [0.15, 0.2) is 35.1 Å². The minimum atomic E-state index is -0.765. The van der Waals surface area contributed by atoms with Crippen LogP contribution in [0.1, 0.15) is 5.82 Å². The van der Waals surface area contributed by atoms with Gasteiger partial charge in [-0.05, 0) is 0 Å². The highest BCUT2D eigenvalue weighted by atomic mass is 80.0. The van der Waals surface area contributed by atoms with E-state index in [0.29, 0.717) is 11.6 Å². The summed E-state index contributed by atoms with van der Waals surface area (Å²) in [6.07, 6.45) is 0. The molecule has 0 aliphatic heterocycles. The SMILES string of the molecule is O=c1nc(-c2ccccc2)nc(C(Br)(Br)Br)[nH]1. The van der Waals surface area contributed by atoms with E-state index in [1.54, 1.807) is 0 Å². The zero-order valence-electron chi connectivity index (χ0n) is 8.32. The average molecular weight is 424 g/mol. The summed E-state index contributed by atoms with van der Waals surface area (Å²) in [6, 6.07) is 9.31. The van der Waals surface area contributed by atoms with E-state index in [9.17, 15) is 4.79 Å². The van der Waals surface area contributed by atoms with Gasteiger partial charge in [-0.2, -0.15) is 4.98 Å². The second-order valence-corrected chi connectivity index (χ2v) is 9.95. The number of aromatic nitrogens is 3. The second-order valence-electron chi connectivity index (χ2n) is 3.19. The lowest BCUT2D eigenvalue weighted by molar-refractivity contribution is 0.915. The molecule has 2 rings (SSSR count). The third kappa shape index (κ3) is 3.23. The van der Waals surface area contributed by atoms with Gasteiger partial charge < -0.3 is 0 Å². The standard InChI is InChI=1S/C10H6Br3N3O/c11-10(12,13)8-14-7(15-9(17)16-8)6-4-2-1-3-5-6/h1-5H,(H,14,15,16,17). The fraction of sp³-hybridized carbons (Fsp3) is 0.100. The maximum absolute atomic E-state index is 11.5.